The van der Waals surface area contributed by atoms with Crippen molar-refractivity contribution in [1.29, 1.82) is 0 Å². The lowest BCUT2D eigenvalue weighted by molar-refractivity contribution is -0.141. The largest absolute Gasteiger partial charge is 0.435 e. The Morgan fingerprint density at radius 3 is 2.51 bits per heavy atom. The number of aryl methyl sites for hydroxylation is 2. The molecular weight excluding hydrogens is 509 g/mol. The number of alkyl halides is 3. The van der Waals surface area contributed by atoms with Crippen LogP contribution in [0.25, 0.3) is 10.9 Å². The first-order valence-electron chi connectivity index (χ1n) is 11.7. The predicted octanol–water partition coefficient (Wildman–Crippen LogP) is 4.18. The van der Waals surface area contributed by atoms with Gasteiger partial charge in [-0.3, -0.25) is 14.7 Å². The summed E-state index contributed by atoms with van der Waals surface area (Å²) in [5.41, 5.74) is 0.322. The summed E-state index contributed by atoms with van der Waals surface area (Å²) in [6.07, 6.45) is -3.20. The van der Waals surface area contributed by atoms with E-state index in [1.54, 1.807) is 6.07 Å². The number of hydrogen-bond acceptors (Lipinski definition) is 4. The maximum atomic E-state index is 13.8. The zero-order chi connectivity index (χ0) is 27.3. The van der Waals surface area contributed by atoms with Gasteiger partial charge in [0, 0.05) is 42.7 Å². The lowest BCUT2D eigenvalue weighted by Gasteiger charge is -2.38. The molecule has 2 amide bonds. The molecule has 0 bridgehead atoms. The molecule has 0 spiro atoms. The molecular formula is C25H28ClF3N6O2. The fraction of sp³-hybridized carbons (Fsp3) is 0.440. The number of benzene rings is 1. The van der Waals surface area contributed by atoms with E-state index in [1.165, 1.54) is 16.5 Å². The molecule has 0 aliphatic carbocycles. The summed E-state index contributed by atoms with van der Waals surface area (Å²) < 4.78 is 42.6. The lowest BCUT2D eigenvalue weighted by atomic mass is 9.86. The first-order chi connectivity index (χ1) is 17.2. The van der Waals surface area contributed by atoms with Crippen LogP contribution in [0.5, 0.6) is 0 Å². The smallest absolute Gasteiger partial charge is 0.344 e. The van der Waals surface area contributed by atoms with Crippen molar-refractivity contribution in [3.63, 3.8) is 0 Å². The van der Waals surface area contributed by atoms with Gasteiger partial charge in [-0.2, -0.15) is 18.3 Å². The van der Waals surface area contributed by atoms with Gasteiger partial charge in [-0.25, -0.2) is 4.98 Å². The van der Waals surface area contributed by atoms with Crippen molar-refractivity contribution >= 4 is 34.3 Å². The van der Waals surface area contributed by atoms with E-state index in [0.717, 1.165) is 22.7 Å². The average molecular weight is 537 g/mol. The van der Waals surface area contributed by atoms with Gasteiger partial charge in [0.15, 0.2) is 5.69 Å². The van der Waals surface area contributed by atoms with Crippen LogP contribution in [0.15, 0.2) is 24.8 Å². The van der Waals surface area contributed by atoms with Crippen molar-refractivity contribution < 1.29 is 22.8 Å². The molecule has 0 saturated carbocycles. The van der Waals surface area contributed by atoms with Crippen molar-refractivity contribution in [3.8, 4) is 0 Å². The standard InChI is InChI=1S/C25H28ClF3N6O2/c1-6-20(36)35-11-13(12-35)30-23(37)21-22(25(27,28)29)31-19(34(21)5)8-7-17-14-9-15(24(2,3)4)16(26)10-18(14)33-32-17/h6,9-10,13H,1,7-8,11-12H2,2-5H3,(H,30,37)(H,32,33). The minimum atomic E-state index is -4.81. The monoisotopic (exact) mass is 536 g/mol. The number of nitrogens with one attached hydrogen (secondary N) is 2. The SMILES string of the molecule is C=CC(=O)N1CC(NC(=O)c2c(C(F)(F)F)nc(CCc3[nH]nc4cc(Cl)c(C(C)(C)C)cc34)n2C)C1. The zero-order valence-corrected chi connectivity index (χ0v) is 21.7. The van der Waals surface area contributed by atoms with E-state index < -0.39 is 29.5 Å². The molecule has 0 atom stereocenters. The summed E-state index contributed by atoms with van der Waals surface area (Å²) in [5.74, 6) is -1.07. The Kier molecular flexibility index (Phi) is 6.87. The van der Waals surface area contributed by atoms with Crippen LogP contribution in [0.2, 0.25) is 5.02 Å². The van der Waals surface area contributed by atoms with Crippen molar-refractivity contribution in [2.24, 2.45) is 7.05 Å². The van der Waals surface area contributed by atoms with Crippen LogP contribution < -0.4 is 5.32 Å². The van der Waals surface area contributed by atoms with E-state index in [-0.39, 0.29) is 36.7 Å². The van der Waals surface area contributed by atoms with Gasteiger partial charge in [0.1, 0.15) is 11.5 Å². The number of imidazole rings is 1. The third-order valence-corrected chi connectivity index (χ3v) is 6.82. The Balaban J connectivity index is 1.57. The predicted molar refractivity (Wildman–Crippen MR) is 133 cm³/mol. The summed E-state index contributed by atoms with van der Waals surface area (Å²) in [6.45, 7) is 9.92. The number of hydrogen-bond donors (Lipinski definition) is 2. The topological polar surface area (TPSA) is 95.9 Å². The maximum Gasteiger partial charge on any atom is 0.435 e. The molecule has 1 aromatic carbocycles. The second kappa shape index (κ2) is 9.51. The molecule has 2 aromatic heterocycles. The van der Waals surface area contributed by atoms with E-state index >= 15 is 0 Å². The second-order valence-corrected chi connectivity index (χ2v) is 10.6. The molecule has 2 N–H and O–H groups in total. The molecule has 1 saturated heterocycles. The van der Waals surface area contributed by atoms with Crippen LogP contribution in [-0.2, 0) is 36.3 Å². The Morgan fingerprint density at radius 1 is 1.24 bits per heavy atom. The molecule has 3 aromatic rings. The number of nitrogens with zero attached hydrogens (tertiary/aromatic N) is 4. The lowest BCUT2D eigenvalue weighted by Crippen LogP contribution is -2.60. The Morgan fingerprint density at radius 2 is 1.92 bits per heavy atom. The molecule has 12 heteroatoms. The van der Waals surface area contributed by atoms with Crippen LogP contribution in [0.4, 0.5) is 13.2 Å². The van der Waals surface area contributed by atoms with E-state index in [0.29, 0.717) is 17.0 Å². The van der Waals surface area contributed by atoms with Crippen molar-refractivity contribution in [2.75, 3.05) is 13.1 Å². The minimum Gasteiger partial charge on any atom is -0.344 e. The molecule has 8 nitrogen and oxygen atoms in total. The van der Waals surface area contributed by atoms with Crippen molar-refractivity contribution in [2.45, 2.75) is 51.2 Å². The highest BCUT2D eigenvalue weighted by atomic mass is 35.5. The van der Waals surface area contributed by atoms with E-state index in [1.807, 2.05) is 26.8 Å². The number of H-pyrrole nitrogens is 1. The number of fused-ring (bicyclic) bond motifs is 1. The molecule has 1 fully saturated rings. The van der Waals surface area contributed by atoms with Gasteiger partial charge in [0.2, 0.25) is 5.91 Å². The number of amides is 2. The van der Waals surface area contributed by atoms with E-state index in [4.69, 9.17) is 11.6 Å². The summed E-state index contributed by atoms with van der Waals surface area (Å²) in [7, 11) is 1.39. The van der Waals surface area contributed by atoms with Gasteiger partial charge < -0.3 is 14.8 Å². The number of aromatic amines is 1. The summed E-state index contributed by atoms with van der Waals surface area (Å²) in [4.78, 5) is 29.7. The van der Waals surface area contributed by atoms with Crippen molar-refractivity contribution in [3.05, 3.63) is 58.3 Å². The van der Waals surface area contributed by atoms with Crippen LogP contribution in [-0.4, -0.2) is 55.6 Å². The molecule has 0 radical (unpaired) electrons. The van der Waals surface area contributed by atoms with Gasteiger partial charge in [0.05, 0.1) is 11.6 Å². The summed E-state index contributed by atoms with van der Waals surface area (Å²) in [6, 6.07) is 3.27. The number of rotatable bonds is 6. The van der Waals surface area contributed by atoms with Crippen molar-refractivity contribution in [1.82, 2.24) is 30.0 Å². The van der Waals surface area contributed by atoms with E-state index in [2.05, 4.69) is 27.1 Å². The summed E-state index contributed by atoms with van der Waals surface area (Å²) in [5, 5.41) is 11.2. The van der Waals surface area contributed by atoms with Gasteiger partial charge in [-0.1, -0.05) is 39.0 Å². The van der Waals surface area contributed by atoms with E-state index in [9.17, 15) is 22.8 Å². The number of likely N-dealkylation sites (tertiary alicyclic amines) is 1. The Labute approximate surface area is 216 Å². The number of carbonyl (C=O) groups is 2. The number of aromatic nitrogens is 4. The Bertz CT molecular complexity index is 1380. The fourth-order valence-electron chi connectivity index (χ4n) is 4.45. The summed E-state index contributed by atoms with van der Waals surface area (Å²) >= 11 is 6.43. The fourth-order valence-corrected chi connectivity index (χ4v) is 4.89. The number of halogens is 4. The second-order valence-electron chi connectivity index (χ2n) is 10.2. The molecule has 198 valence electrons. The van der Waals surface area contributed by atoms with Gasteiger partial charge in [-0.05, 0) is 35.6 Å². The molecule has 1 aliphatic heterocycles. The van der Waals surface area contributed by atoms with Gasteiger partial charge in [0.25, 0.3) is 5.91 Å². The molecule has 4 rings (SSSR count). The first kappa shape index (κ1) is 26.7. The molecule has 37 heavy (non-hydrogen) atoms. The Hall–Kier alpha value is -3.34. The average Bonchev–Trinajstić information content (AvgIpc) is 3.32. The zero-order valence-electron chi connectivity index (χ0n) is 21.0. The van der Waals surface area contributed by atoms with Crippen LogP contribution in [0.3, 0.4) is 0 Å². The molecule has 0 unspecified atom stereocenters. The van der Waals surface area contributed by atoms with Crippen LogP contribution in [0, 0.1) is 0 Å². The highest BCUT2D eigenvalue weighted by Gasteiger charge is 2.42. The van der Waals surface area contributed by atoms with Gasteiger partial charge >= 0.3 is 6.18 Å². The van der Waals surface area contributed by atoms with Crippen LogP contribution >= 0.6 is 11.6 Å². The first-order valence-corrected chi connectivity index (χ1v) is 12.1. The molecule has 1 aliphatic rings. The highest BCUT2D eigenvalue weighted by molar-refractivity contribution is 6.32. The maximum absolute atomic E-state index is 13.8. The third kappa shape index (κ3) is 5.22. The quantitative estimate of drug-likeness (QED) is 0.462. The van der Waals surface area contributed by atoms with Gasteiger partial charge in [-0.15, -0.1) is 0 Å². The van der Waals surface area contributed by atoms with Crippen LogP contribution in [0.1, 0.15) is 54.0 Å². The molecule has 3 heterocycles. The highest BCUT2D eigenvalue weighted by Crippen LogP contribution is 2.35. The number of carbonyl (C=O) groups excluding carboxylic acids is 2. The third-order valence-electron chi connectivity index (χ3n) is 6.50. The minimum absolute atomic E-state index is 0.113. The normalized spacial score (nSPS) is 14.6.